The monoisotopic (exact) mass is 453 g/mol. The topological polar surface area (TPSA) is 57.5 Å². The van der Waals surface area contributed by atoms with Crippen LogP contribution in [0, 0.1) is 13.8 Å². The number of Topliss-reactive ketones (excluding diaryl/α,β-unsaturated/α-hetero) is 1. The Balaban J connectivity index is 1.38. The second-order valence-electron chi connectivity index (χ2n) is 8.21. The molecule has 0 radical (unpaired) electrons. The molecule has 172 valence electrons. The fraction of sp³-hybridized carbons (Fsp3) is 0.172. The zero-order valence-electron chi connectivity index (χ0n) is 19.5. The van der Waals surface area contributed by atoms with Gasteiger partial charge in [0.2, 0.25) is 5.78 Å². The van der Waals surface area contributed by atoms with Crippen molar-refractivity contribution in [3.05, 3.63) is 119 Å². The smallest absolute Gasteiger partial charge is 0.338 e. The molecule has 4 rings (SSSR count). The summed E-state index contributed by atoms with van der Waals surface area (Å²) in [5.74, 6) is -0.137. The van der Waals surface area contributed by atoms with Crippen LogP contribution in [0.3, 0.4) is 0 Å². The summed E-state index contributed by atoms with van der Waals surface area (Å²) in [5.41, 5.74) is 4.94. The molecule has 4 aromatic rings. The number of esters is 1. The lowest BCUT2D eigenvalue weighted by atomic mass is 10.1. The molecule has 1 heterocycles. The van der Waals surface area contributed by atoms with Gasteiger partial charge in [-0.25, -0.2) is 4.79 Å². The largest absolute Gasteiger partial charge is 0.489 e. The zero-order chi connectivity index (χ0) is 24.1. The molecule has 1 atom stereocenters. The molecule has 5 heteroatoms. The molecule has 0 aliphatic carbocycles. The summed E-state index contributed by atoms with van der Waals surface area (Å²) >= 11 is 0. The van der Waals surface area contributed by atoms with E-state index in [1.807, 2.05) is 68.4 Å². The molecule has 0 unspecified atom stereocenters. The first-order chi connectivity index (χ1) is 16.4. The SMILES string of the molecule is Cc1ccc(C)n1-c1cccc(C(=O)O[C@H](C)C(=O)c2ccc(OCc3ccccc3)cc2)c1. The van der Waals surface area contributed by atoms with Crippen molar-refractivity contribution < 1.29 is 19.1 Å². The van der Waals surface area contributed by atoms with Crippen LogP contribution in [0.15, 0.2) is 91.0 Å². The van der Waals surface area contributed by atoms with Crippen LogP contribution in [0.2, 0.25) is 0 Å². The van der Waals surface area contributed by atoms with Crippen molar-refractivity contribution in [2.24, 2.45) is 0 Å². The van der Waals surface area contributed by atoms with Gasteiger partial charge >= 0.3 is 5.97 Å². The van der Waals surface area contributed by atoms with E-state index in [2.05, 4.69) is 4.57 Å². The van der Waals surface area contributed by atoms with Crippen molar-refractivity contribution >= 4 is 11.8 Å². The van der Waals surface area contributed by atoms with Crippen LogP contribution >= 0.6 is 0 Å². The number of aryl methyl sites for hydroxylation is 2. The molecule has 0 saturated carbocycles. The van der Waals surface area contributed by atoms with Gasteiger partial charge in [0.05, 0.1) is 5.56 Å². The van der Waals surface area contributed by atoms with Gasteiger partial charge in [0, 0.05) is 22.6 Å². The molecule has 0 amide bonds. The van der Waals surface area contributed by atoms with Gasteiger partial charge < -0.3 is 14.0 Å². The normalized spacial score (nSPS) is 11.6. The first-order valence-electron chi connectivity index (χ1n) is 11.2. The highest BCUT2D eigenvalue weighted by Gasteiger charge is 2.21. The Morgan fingerprint density at radius 1 is 0.794 bits per heavy atom. The number of ketones is 1. The molecule has 0 aliphatic heterocycles. The predicted molar refractivity (Wildman–Crippen MR) is 132 cm³/mol. The highest BCUT2D eigenvalue weighted by atomic mass is 16.5. The van der Waals surface area contributed by atoms with Gasteiger partial charge in [-0.15, -0.1) is 0 Å². The van der Waals surface area contributed by atoms with E-state index in [-0.39, 0.29) is 5.78 Å². The van der Waals surface area contributed by atoms with Crippen LogP contribution in [-0.4, -0.2) is 22.4 Å². The lowest BCUT2D eigenvalue weighted by Gasteiger charge is -2.14. The number of ether oxygens (including phenoxy) is 2. The average Bonchev–Trinajstić information content (AvgIpc) is 3.21. The summed E-state index contributed by atoms with van der Waals surface area (Å²) in [6.07, 6.45) is -0.915. The standard InChI is InChI=1S/C29H27NO4/c1-20-12-13-21(2)30(20)26-11-7-10-25(18-26)29(32)34-22(3)28(31)24-14-16-27(17-15-24)33-19-23-8-5-4-6-9-23/h4-18,22H,19H2,1-3H3/t22-/m1/s1. The molecule has 0 N–H and O–H groups in total. The Labute approximate surface area is 199 Å². The van der Waals surface area contributed by atoms with Gasteiger partial charge in [0.1, 0.15) is 12.4 Å². The fourth-order valence-electron chi connectivity index (χ4n) is 3.82. The maximum absolute atomic E-state index is 12.8. The maximum Gasteiger partial charge on any atom is 0.338 e. The Hall–Kier alpha value is -4.12. The first kappa shape index (κ1) is 23.1. The molecule has 3 aromatic carbocycles. The Morgan fingerprint density at radius 3 is 2.15 bits per heavy atom. The minimum atomic E-state index is -0.915. The van der Waals surface area contributed by atoms with Gasteiger partial charge in [-0.3, -0.25) is 4.79 Å². The average molecular weight is 454 g/mol. The molecule has 0 bridgehead atoms. The van der Waals surface area contributed by atoms with E-state index in [4.69, 9.17) is 9.47 Å². The van der Waals surface area contributed by atoms with E-state index in [0.717, 1.165) is 22.6 Å². The summed E-state index contributed by atoms with van der Waals surface area (Å²) in [7, 11) is 0. The van der Waals surface area contributed by atoms with E-state index in [1.165, 1.54) is 0 Å². The molecular formula is C29H27NO4. The number of benzene rings is 3. The molecule has 0 fully saturated rings. The van der Waals surface area contributed by atoms with Crippen molar-refractivity contribution in [1.29, 1.82) is 0 Å². The van der Waals surface area contributed by atoms with Gasteiger partial charge in [0.15, 0.2) is 6.10 Å². The highest BCUT2D eigenvalue weighted by Crippen LogP contribution is 2.20. The quantitative estimate of drug-likeness (QED) is 0.239. The number of hydrogen-bond donors (Lipinski definition) is 0. The van der Waals surface area contributed by atoms with E-state index >= 15 is 0 Å². The third-order valence-corrected chi connectivity index (χ3v) is 5.65. The number of carbonyl (C=O) groups is 2. The molecule has 34 heavy (non-hydrogen) atoms. The second-order valence-corrected chi connectivity index (χ2v) is 8.21. The first-order valence-corrected chi connectivity index (χ1v) is 11.2. The number of carbonyl (C=O) groups excluding carboxylic acids is 2. The van der Waals surface area contributed by atoms with E-state index in [9.17, 15) is 9.59 Å². The lowest BCUT2D eigenvalue weighted by molar-refractivity contribution is 0.0319. The Kier molecular flexibility index (Phi) is 6.93. The van der Waals surface area contributed by atoms with Crippen LogP contribution in [0.25, 0.3) is 5.69 Å². The van der Waals surface area contributed by atoms with Crippen LogP contribution in [0.1, 0.15) is 44.6 Å². The lowest BCUT2D eigenvalue weighted by Crippen LogP contribution is -2.24. The number of rotatable bonds is 8. The predicted octanol–water partition coefficient (Wildman–Crippen LogP) is 6.10. The third kappa shape index (κ3) is 5.26. The molecular weight excluding hydrogens is 426 g/mol. The summed E-state index contributed by atoms with van der Waals surface area (Å²) in [5, 5.41) is 0. The molecule has 0 spiro atoms. The summed E-state index contributed by atoms with van der Waals surface area (Å²) in [6, 6.07) is 28.0. The summed E-state index contributed by atoms with van der Waals surface area (Å²) < 4.78 is 13.3. The molecule has 1 aromatic heterocycles. The van der Waals surface area contributed by atoms with E-state index < -0.39 is 12.1 Å². The minimum Gasteiger partial charge on any atom is -0.489 e. The maximum atomic E-state index is 12.8. The van der Waals surface area contributed by atoms with Gasteiger partial charge in [0.25, 0.3) is 0 Å². The molecule has 0 saturated heterocycles. The Bertz CT molecular complexity index is 1270. The summed E-state index contributed by atoms with van der Waals surface area (Å²) in [4.78, 5) is 25.6. The van der Waals surface area contributed by atoms with E-state index in [1.54, 1.807) is 43.3 Å². The summed E-state index contributed by atoms with van der Waals surface area (Å²) in [6.45, 7) is 6.06. The van der Waals surface area contributed by atoms with Gasteiger partial charge in [-0.2, -0.15) is 0 Å². The van der Waals surface area contributed by atoms with Crippen molar-refractivity contribution in [1.82, 2.24) is 4.57 Å². The molecule has 5 nitrogen and oxygen atoms in total. The molecule has 0 aliphatic rings. The van der Waals surface area contributed by atoms with Crippen LogP contribution < -0.4 is 4.74 Å². The minimum absolute atomic E-state index is 0.267. The van der Waals surface area contributed by atoms with Crippen molar-refractivity contribution in [3.63, 3.8) is 0 Å². The van der Waals surface area contributed by atoms with Gasteiger partial charge in [-0.1, -0.05) is 36.4 Å². The number of aromatic nitrogens is 1. The van der Waals surface area contributed by atoms with Gasteiger partial charge in [-0.05, 0) is 80.9 Å². The third-order valence-electron chi connectivity index (χ3n) is 5.65. The van der Waals surface area contributed by atoms with Crippen LogP contribution in [0.4, 0.5) is 0 Å². The highest BCUT2D eigenvalue weighted by molar-refractivity contribution is 6.01. The van der Waals surface area contributed by atoms with Crippen LogP contribution in [0.5, 0.6) is 5.75 Å². The Morgan fingerprint density at radius 2 is 1.47 bits per heavy atom. The van der Waals surface area contributed by atoms with Crippen molar-refractivity contribution in [3.8, 4) is 11.4 Å². The van der Waals surface area contributed by atoms with Crippen LogP contribution in [-0.2, 0) is 11.3 Å². The number of nitrogens with zero attached hydrogens (tertiary/aromatic N) is 1. The second kappa shape index (κ2) is 10.2. The van der Waals surface area contributed by atoms with E-state index in [0.29, 0.717) is 23.5 Å². The van der Waals surface area contributed by atoms with Crippen molar-refractivity contribution in [2.75, 3.05) is 0 Å². The number of hydrogen-bond acceptors (Lipinski definition) is 4. The zero-order valence-corrected chi connectivity index (χ0v) is 19.5. The fourth-order valence-corrected chi connectivity index (χ4v) is 3.82. The van der Waals surface area contributed by atoms with Crippen molar-refractivity contribution in [2.45, 2.75) is 33.5 Å².